The molecule has 0 bridgehead atoms. The molecule has 2 N–H and O–H groups in total. The zero-order valence-corrected chi connectivity index (χ0v) is 19.7. The molecule has 1 saturated heterocycles. The molecule has 3 aromatic heterocycles. The quantitative estimate of drug-likeness (QED) is 0.323. The lowest BCUT2D eigenvalue weighted by molar-refractivity contribution is 0.109. The van der Waals surface area contributed by atoms with E-state index in [1.807, 2.05) is 53.6 Å². The zero-order valence-electron chi connectivity index (χ0n) is 18.8. The first-order valence-corrected chi connectivity index (χ1v) is 11.8. The highest BCUT2D eigenvalue weighted by Gasteiger charge is 2.11. The maximum atomic E-state index is 5.01. The zero-order chi connectivity index (χ0) is 23.2. The molecule has 34 heavy (non-hydrogen) atoms. The number of nitrogens with one attached hydrogen (secondary N) is 2. The van der Waals surface area contributed by atoms with Gasteiger partial charge in [-0.2, -0.15) is 5.10 Å². The van der Waals surface area contributed by atoms with Gasteiger partial charge in [0.15, 0.2) is 0 Å². The molecular weight excluding hydrogens is 442 g/mol. The number of aromatic nitrogens is 4. The van der Waals surface area contributed by atoms with Crippen LogP contribution in [-0.2, 0) is 11.3 Å². The Hall–Kier alpha value is -3.39. The smallest absolute Gasteiger partial charge is 0.137 e. The van der Waals surface area contributed by atoms with E-state index < -0.39 is 0 Å². The number of thiol groups is 1. The summed E-state index contributed by atoms with van der Waals surface area (Å²) in [6.45, 7) is 4.59. The number of fused-ring (bicyclic) bond motifs is 1. The number of rotatable bonds is 4. The highest BCUT2D eigenvalue weighted by Crippen LogP contribution is 2.31. The van der Waals surface area contributed by atoms with Gasteiger partial charge in [-0.25, -0.2) is 4.98 Å². The highest BCUT2D eigenvalue weighted by molar-refractivity contribution is 7.80. The van der Waals surface area contributed by atoms with E-state index in [0.717, 1.165) is 71.0 Å². The van der Waals surface area contributed by atoms with Gasteiger partial charge in [0.25, 0.3) is 0 Å². The van der Waals surface area contributed by atoms with Crippen molar-refractivity contribution in [2.24, 2.45) is 0 Å². The fraction of sp³-hybridized carbons (Fsp3) is 0.185. The molecule has 0 spiro atoms. The minimum absolute atomic E-state index is 0.753. The fourth-order valence-electron chi connectivity index (χ4n) is 3.93. The van der Waals surface area contributed by atoms with Crippen molar-refractivity contribution in [3.63, 3.8) is 0 Å². The van der Waals surface area contributed by atoms with Gasteiger partial charge < -0.3 is 15.0 Å². The number of ether oxygens (including phenoxy) is 1. The molecule has 1 aliphatic rings. The van der Waals surface area contributed by atoms with Crippen molar-refractivity contribution in [1.29, 1.82) is 0 Å². The summed E-state index contributed by atoms with van der Waals surface area (Å²) >= 11 is 4.37. The lowest BCUT2D eigenvalue weighted by Crippen LogP contribution is -2.30. The van der Waals surface area contributed by atoms with E-state index in [9.17, 15) is 0 Å². The summed E-state index contributed by atoms with van der Waals surface area (Å²) in [6, 6.07) is 20.6. The molecule has 0 saturated carbocycles. The number of hydrogen-bond donors (Lipinski definition) is 3. The van der Waals surface area contributed by atoms with Crippen LogP contribution in [0.3, 0.4) is 0 Å². The third kappa shape index (κ3) is 5.39. The van der Waals surface area contributed by atoms with Gasteiger partial charge in [-0.15, -0.1) is 12.6 Å². The third-order valence-electron chi connectivity index (χ3n) is 5.71. The van der Waals surface area contributed by atoms with Crippen LogP contribution in [0.2, 0.25) is 0 Å². The van der Waals surface area contributed by atoms with E-state index in [4.69, 9.17) is 4.74 Å². The van der Waals surface area contributed by atoms with Crippen molar-refractivity contribution in [2.75, 3.05) is 26.3 Å². The molecule has 7 heteroatoms. The number of H-pyrrole nitrogens is 1. The third-order valence-corrected chi connectivity index (χ3v) is 6.01. The Morgan fingerprint density at radius 1 is 0.912 bits per heavy atom. The van der Waals surface area contributed by atoms with Crippen molar-refractivity contribution in [3.8, 4) is 22.3 Å². The van der Waals surface area contributed by atoms with Gasteiger partial charge >= 0.3 is 0 Å². The number of benzene rings is 2. The Morgan fingerprint density at radius 3 is 2.41 bits per heavy atom. The lowest BCUT2D eigenvalue weighted by atomic mass is 10.0. The van der Waals surface area contributed by atoms with Crippen molar-refractivity contribution >= 4 is 23.7 Å². The molecule has 6 nitrogen and oxygen atoms in total. The first-order valence-electron chi connectivity index (χ1n) is 11.4. The van der Waals surface area contributed by atoms with Crippen LogP contribution in [0.5, 0.6) is 0 Å². The number of aromatic amines is 1. The predicted octanol–water partition coefficient (Wildman–Crippen LogP) is 5.04. The molecule has 0 radical (unpaired) electrons. The Morgan fingerprint density at radius 2 is 1.71 bits per heavy atom. The van der Waals surface area contributed by atoms with Crippen LogP contribution in [-0.4, -0.2) is 46.1 Å². The van der Waals surface area contributed by atoms with Gasteiger partial charge in [-0.1, -0.05) is 42.5 Å². The monoisotopic (exact) mass is 469 g/mol. The fourth-order valence-corrected chi connectivity index (χ4v) is 4.08. The van der Waals surface area contributed by atoms with Gasteiger partial charge in [0.05, 0.1) is 26.0 Å². The minimum atomic E-state index is 0.753. The molecule has 0 atom stereocenters. The average Bonchev–Trinajstić information content (AvgIpc) is 3.53. The number of morpholine rings is 1. The average molecular weight is 470 g/mol. The van der Waals surface area contributed by atoms with E-state index in [-0.39, 0.29) is 0 Å². The first-order chi connectivity index (χ1) is 16.8. The van der Waals surface area contributed by atoms with E-state index in [0.29, 0.717) is 0 Å². The van der Waals surface area contributed by atoms with Gasteiger partial charge in [0.1, 0.15) is 5.65 Å². The molecular formula is C27H27N5OS. The highest BCUT2D eigenvalue weighted by atomic mass is 32.1. The molecule has 0 aliphatic carbocycles. The summed E-state index contributed by atoms with van der Waals surface area (Å²) in [7, 11) is 0. The predicted molar refractivity (Wildman–Crippen MR) is 139 cm³/mol. The van der Waals surface area contributed by atoms with E-state index in [2.05, 4.69) is 69.5 Å². The number of nitrogens with zero attached hydrogens (tertiary/aromatic N) is 3. The van der Waals surface area contributed by atoms with Crippen LogP contribution < -0.4 is 5.32 Å². The van der Waals surface area contributed by atoms with Crippen LogP contribution in [0.1, 0.15) is 5.56 Å². The van der Waals surface area contributed by atoms with Crippen LogP contribution in [0.4, 0.5) is 0 Å². The van der Waals surface area contributed by atoms with Gasteiger partial charge in [0, 0.05) is 58.7 Å². The van der Waals surface area contributed by atoms with Crippen LogP contribution in [0.25, 0.3) is 33.3 Å². The minimum Gasteiger partial charge on any atom is -0.379 e. The maximum absolute atomic E-state index is 5.01. The number of hydrogen-bond acceptors (Lipinski definition) is 5. The van der Waals surface area contributed by atoms with E-state index in [1.54, 1.807) is 0 Å². The first kappa shape index (κ1) is 22.4. The maximum Gasteiger partial charge on any atom is 0.137 e. The van der Waals surface area contributed by atoms with Crippen molar-refractivity contribution < 1.29 is 4.74 Å². The summed E-state index contributed by atoms with van der Waals surface area (Å²) in [6.07, 6.45) is 7.89. The topological polar surface area (TPSA) is 67.8 Å². The Balaban J connectivity index is 0.000000351. The van der Waals surface area contributed by atoms with Crippen molar-refractivity contribution in [1.82, 2.24) is 25.1 Å². The van der Waals surface area contributed by atoms with E-state index >= 15 is 0 Å². The summed E-state index contributed by atoms with van der Waals surface area (Å²) in [5.74, 6) is 0. The summed E-state index contributed by atoms with van der Waals surface area (Å²) in [4.78, 5) is 8.82. The van der Waals surface area contributed by atoms with Gasteiger partial charge in [0.2, 0.25) is 0 Å². The van der Waals surface area contributed by atoms with Crippen LogP contribution >= 0.6 is 12.6 Å². The van der Waals surface area contributed by atoms with Crippen LogP contribution in [0, 0.1) is 0 Å². The molecule has 0 amide bonds. The number of pyridine rings is 1. The molecule has 2 aromatic carbocycles. The molecule has 5 aromatic rings. The lowest BCUT2D eigenvalue weighted by Gasteiger charge is -2.10. The van der Waals surface area contributed by atoms with Crippen molar-refractivity contribution in [2.45, 2.75) is 11.4 Å². The summed E-state index contributed by atoms with van der Waals surface area (Å²) < 4.78 is 6.97. The molecule has 4 heterocycles. The second-order valence-corrected chi connectivity index (χ2v) is 8.66. The van der Waals surface area contributed by atoms with E-state index in [1.165, 1.54) is 5.56 Å². The largest absolute Gasteiger partial charge is 0.379 e. The second kappa shape index (κ2) is 10.7. The Labute approximate surface area is 204 Å². The summed E-state index contributed by atoms with van der Waals surface area (Å²) in [5.41, 5.74) is 6.49. The van der Waals surface area contributed by atoms with Crippen LogP contribution in [0.15, 0.2) is 90.3 Å². The molecule has 1 fully saturated rings. The normalized spacial score (nSPS) is 13.4. The Bertz CT molecular complexity index is 1330. The Kier molecular flexibility index (Phi) is 7.05. The molecule has 6 rings (SSSR count). The van der Waals surface area contributed by atoms with Crippen molar-refractivity contribution in [3.05, 3.63) is 91.0 Å². The molecule has 1 aliphatic heterocycles. The van der Waals surface area contributed by atoms with Gasteiger partial charge in [-0.3, -0.25) is 4.68 Å². The summed E-state index contributed by atoms with van der Waals surface area (Å²) in [5, 5.41) is 8.79. The van der Waals surface area contributed by atoms with Gasteiger partial charge in [-0.05, 0) is 29.3 Å². The molecule has 0 unspecified atom stereocenters. The second-order valence-electron chi connectivity index (χ2n) is 8.14. The SMILES string of the molecule is C1COCCN1.Sc1ccc(-c2cnc3[nH]cc(-c4cnn(Cc5ccccc5)c4)c3c2)cc1. The molecule has 172 valence electrons. The standard InChI is InChI=1S/C23H18N4S.C4H9NO/c28-20-8-6-17(7-9-20)18-10-21-22(13-25-23(21)24-11-18)19-12-26-27(15-19)14-16-4-2-1-3-5-16;1-3-6-4-2-5-1/h1-13,15,28H,14H2,(H,24,25);5H,1-4H2.